The van der Waals surface area contributed by atoms with E-state index in [4.69, 9.17) is 0 Å². The molecule has 0 spiro atoms. The van der Waals surface area contributed by atoms with Crippen LogP contribution in [0.1, 0.15) is 29.5 Å². The van der Waals surface area contributed by atoms with Crippen molar-refractivity contribution in [2.45, 2.75) is 25.3 Å². The molecule has 0 radical (unpaired) electrons. The summed E-state index contributed by atoms with van der Waals surface area (Å²) in [6.07, 6.45) is 4.29. The van der Waals surface area contributed by atoms with E-state index in [9.17, 15) is 0 Å². The Morgan fingerprint density at radius 2 is 2.17 bits per heavy atom. The number of thiazole rings is 1. The largest absolute Gasteiger partial charge is 0.373 e. The summed E-state index contributed by atoms with van der Waals surface area (Å²) in [7, 11) is 1.88. The number of nitrogens with zero attached hydrogens (tertiary/aromatic N) is 3. The second kappa shape index (κ2) is 4.89. The molecule has 0 saturated heterocycles. The molecule has 6 heteroatoms. The maximum Gasteiger partial charge on any atom is 0.136 e. The zero-order valence-corrected chi connectivity index (χ0v) is 11.0. The minimum atomic E-state index is 0.558. The molecule has 0 atom stereocenters. The molecule has 0 amide bonds. The van der Waals surface area contributed by atoms with Crippen LogP contribution in [0.2, 0.25) is 0 Å². The fourth-order valence-corrected chi connectivity index (χ4v) is 2.25. The van der Waals surface area contributed by atoms with Crippen molar-refractivity contribution in [2.24, 2.45) is 0 Å². The van der Waals surface area contributed by atoms with Crippen LogP contribution in [-0.4, -0.2) is 22.0 Å². The fourth-order valence-electron chi connectivity index (χ4n) is 1.72. The van der Waals surface area contributed by atoms with E-state index in [-0.39, 0.29) is 0 Å². The smallest absolute Gasteiger partial charge is 0.136 e. The lowest BCUT2D eigenvalue weighted by Gasteiger charge is -2.08. The van der Waals surface area contributed by atoms with E-state index in [1.165, 1.54) is 17.7 Å². The standard InChI is InChI=1S/C12H15N5S/c1-13-10-4-11(15-6-9-5-14-7-18-9)17-12(16-10)8-2-3-8/h4-5,7-8H,2-3,6H2,1H3,(H2,13,15,16,17). The van der Waals surface area contributed by atoms with Crippen LogP contribution in [0.25, 0.3) is 0 Å². The van der Waals surface area contributed by atoms with Gasteiger partial charge in [0.15, 0.2) is 0 Å². The summed E-state index contributed by atoms with van der Waals surface area (Å²) in [6, 6.07) is 1.94. The molecule has 2 aromatic heterocycles. The lowest BCUT2D eigenvalue weighted by atomic mass is 10.3. The quantitative estimate of drug-likeness (QED) is 0.865. The van der Waals surface area contributed by atoms with Gasteiger partial charge in [0.2, 0.25) is 0 Å². The van der Waals surface area contributed by atoms with Crippen molar-refractivity contribution in [2.75, 3.05) is 17.7 Å². The average molecular weight is 261 g/mol. The predicted octanol–water partition coefficient (Wildman–Crippen LogP) is 2.46. The van der Waals surface area contributed by atoms with Crippen molar-refractivity contribution >= 4 is 23.0 Å². The molecule has 2 N–H and O–H groups in total. The maximum atomic E-state index is 4.56. The summed E-state index contributed by atoms with van der Waals surface area (Å²) in [6.45, 7) is 0.759. The van der Waals surface area contributed by atoms with Gasteiger partial charge < -0.3 is 10.6 Å². The molecule has 18 heavy (non-hydrogen) atoms. The molecule has 0 aromatic carbocycles. The summed E-state index contributed by atoms with van der Waals surface area (Å²) in [5.41, 5.74) is 1.84. The summed E-state index contributed by atoms with van der Waals surface area (Å²) < 4.78 is 0. The van der Waals surface area contributed by atoms with E-state index in [0.29, 0.717) is 5.92 Å². The zero-order valence-electron chi connectivity index (χ0n) is 10.2. The molecule has 0 aliphatic heterocycles. The normalized spacial score (nSPS) is 14.5. The van der Waals surface area contributed by atoms with Crippen molar-refractivity contribution in [3.63, 3.8) is 0 Å². The summed E-state index contributed by atoms with van der Waals surface area (Å²) >= 11 is 1.64. The highest BCUT2D eigenvalue weighted by atomic mass is 32.1. The molecule has 1 aliphatic carbocycles. The van der Waals surface area contributed by atoms with Gasteiger partial charge in [0.1, 0.15) is 17.5 Å². The Balaban J connectivity index is 1.75. The van der Waals surface area contributed by atoms with Crippen molar-refractivity contribution < 1.29 is 0 Å². The van der Waals surface area contributed by atoms with Crippen LogP contribution in [0.3, 0.4) is 0 Å². The molecule has 2 heterocycles. The predicted molar refractivity (Wildman–Crippen MR) is 73.0 cm³/mol. The van der Waals surface area contributed by atoms with Crippen LogP contribution in [0, 0.1) is 0 Å². The van der Waals surface area contributed by atoms with Crippen molar-refractivity contribution in [1.82, 2.24) is 15.0 Å². The molecule has 1 saturated carbocycles. The van der Waals surface area contributed by atoms with Gasteiger partial charge in [0.05, 0.1) is 12.1 Å². The molecule has 5 nitrogen and oxygen atoms in total. The average Bonchev–Trinajstić information content (AvgIpc) is 3.13. The number of aromatic nitrogens is 3. The highest BCUT2D eigenvalue weighted by molar-refractivity contribution is 7.09. The van der Waals surface area contributed by atoms with Crippen LogP contribution in [0.4, 0.5) is 11.6 Å². The second-order valence-corrected chi connectivity index (χ2v) is 5.31. The van der Waals surface area contributed by atoms with Gasteiger partial charge in [-0.1, -0.05) is 0 Å². The van der Waals surface area contributed by atoms with E-state index in [1.807, 2.05) is 24.8 Å². The molecule has 3 rings (SSSR count). The Bertz CT molecular complexity index is 521. The van der Waals surface area contributed by atoms with Gasteiger partial charge in [0.25, 0.3) is 0 Å². The van der Waals surface area contributed by atoms with E-state index >= 15 is 0 Å². The fraction of sp³-hybridized carbons (Fsp3) is 0.417. The van der Waals surface area contributed by atoms with Crippen LogP contribution in [0.5, 0.6) is 0 Å². The van der Waals surface area contributed by atoms with Crippen molar-refractivity contribution in [3.8, 4) is 0 Å². The summed E-state index contributed by atoms with van der Waals surface area (Å²) in [5.74, 6) is 3.26. The highest BCUT2D eigenvalue weighted by Crippen LogP contribution is 2.38. The monoisotopic (exact) mass is 261 g/mol. The Morgan fingerprint density at radius 1 is 1.33 bits per heavy atom. The Morgan fingerprint density at radius 3 is 2.83 bits per heavy atom. The Labute approximate surface area is 110 Å². The number of rotatable bonds is 5. The Kier molecular flexibility index (Phi) is 3.10. The van der Waals surface area contributed by atoms with Gasteiger partial charge in [-0.05, 0) is 12.8 Å². The van der Waals surface area contributed by atoms with Crippen LogP contribution in [-0.2, 0) is 6.54 Å². The number of nitrogens with one attached hydrogen (secondary N) is 2. The number of hydrogen-bond acceptors (Lipinski definition) is 6. The summed E-state index contributed by atoms with van der Waals surface area (Å²) in [5, 5.41) is 6.41. The zero-order chi connectivity index (χ0) is 12.4. The van der Waals surface area contributed by atoms with Gasteiger partial charge in [-0.2, -0.15) is 0 Å². The third kappa shape index (κ3) is 2.59. The van der Waals surface area contributed by atoms with Gasteiger partial charge >= 0.3 is 0 Å². The van der Waals surface area contributed by atoms with Gasteiger partial charge in [-0.3, -0.25) is 4.98 Å². The molecular formula is C12H15N5S. The molecule has 0 unspecified atom stereocenters. The van der Waals surface area contributed by atoms with E-state index in [2.05, 4.69) is 25.6 Å². The molecule has 1 aliphatic rings. The molecular weight excluding hydrogens is 246 g/mol. The van der Waals surface area contributed by atoms with Gasteiger partial charge in [0, 0.05) is 30.1 Å². The van der Waals surface area contributed by atoms with E-state index in [1.54, 1.807) is 11.3 Å². The minimum Gasteiger partial charge on any atom is -0.373 e. The first-order chi connectivity index (χ1) is 8.85. The third-order valence-corrected chi connectivity index (χ3v) is 3.65. The number of anilines is 2. The highest BCUT2D eigenvalue weighted by Gasteiger charge is 2.27. The van der Waals surface area contributed by atoms with E-state index in [0.717, 1.165) is 24.0 Å². The van der Waals surface area contributed by atoms with Crippen LogP contribution >= 0.6 is 11.3 Å². The topological polar surface area (TPSA) is 62.7 Å². The molecule has 1 fully saturated rings. The first-order valence-corrected chi connectivity index (χ1v) is 6.91. The van der Waals surface area contributed by atoms with Crippen LogP contribution in [0.15, 0.2) is 17.8 Å². The van der Waals surface area contributed by atoms with Gasteiger partial charge in [-0.15, -0.1) is 11.3 Å². The van der Waals surface area contributed by atoms with Crippen molar-refractivity contribution in [1.29, 1.82) is 0 Å². The lowest BCUT2D eigenvalue weighted by molar-refractivity contribution is 0.924. The van der Waals surface area contributed by atoms with Gasteiger partial charge in [-0.25, -0.2) is 9.97 Å². The molecule has 94 valence electrons. The maximum absolute atomic E-state index is 4.56. The third-order valence-electron chi connectivity index (χ3n) is 2.87. The lowest BCUT2D eigenvalue weighted by Crippen LogP contribution is -2.05. The first kappa shape index (κ1) is 11.4. The van der Waals surface area contributed by atoms with E-state index < -0.39 is 0 Å². The van der Waals surface area contributed by atoms with Crippen LogP contribution < -0.4 is 10.6 Å². The second-order valence-electron chi connectivity index (χ2n) is 4.34. The SMILES string of the molecule is CNc1cc(NCc2cncs2)nc(C2CC2)n1. The Hall–Kier alpha value is -1.69. The molecule has 2 aromatic rings. The first-order valence-electron chi connectivity index (χ1n) is 6.03. The number of hydrogen-bond donors (Lipinski definition) is 2. The molecule has 0 bridgehead atoms. The summed E-state index contributed by atoms with van der Waals surface area (Å²) in [4.78, 5) is 14.3. The minimum absolute atomic E-state index is 0.558. The van der Waals surface area contributed by atoms with Crippen molar-refractivity contribution in [3.05, 3.63) is 28.5 Å².